The van der Waals surface area contributed by atoms with Gasteiger partial charge in [0.1, 0.15) is 5.82 Å². The number of imidazole rings is 1. The van der Waals surface area contributed by atoms with E-state index in [2.05, 4.69) is 32.8 Å². The van der Waals surface area contributed by atoms with Gasteiger partial charge in [-0.25, -0.2) is 4.98 Å². The molecule has 0 saturated carbocycles. The maximum absolute atomic E-state index is 12.3. The lowest BCUT2D eigenvalue weighted by molar-refractivity contribution is -0.119. The predicted octanol–water partition coefficient (Wildman–Crippen LogP) is 1.07. The number of aromatic nitrogens is 2. The molecule has 1 N–H and O–H groups in total. The van der Waals surface area contributed by atoms with Gasteiger partial charge in [0, 0.05) is 32.7 Å². The van der Waals surface area contributed by atoms with Crippen molar-refractivity contribution in [1.29, 1.82) is 0 Å². The van der Waals surface area contributed by atoms with E-state index in [-0.39, 0.29) is 5.78 Å². The summed E-state index contributed by atoms with van der Waals surface area (Å²) in [5.41, 5.74) is 2.09. The van der Waals surface area contributed by atoms with E-state index in [0.29, 0.717) is 13.0 Å². The Hall–Kier alpha value is -1.72. The van der Waals surface area contributed by atoms with Crippen molar-refractivity contribution in [3.8, 4) is 0 Å². The number of nitrogens with one attached hydrogen (secondary N) is 1. The number of aryl methyl sites for hydroxylation is 1. The van der Waals surface area contributed by atoms with Gasteiger partial charge in [-0.2, -0.15) is 0 Å². The molecule has 2 heterocycles. The minimum atomic E-state index is 0.252. The largest absolute Gasteiger partial charge is 0.328 e. The number of nitrogens with zero attached hydrogens (tertiary/aromatic N) is 3. The molecular weight excluding hydrogens is 264 g/mol. The number of ketones is 1. The average molecular weight is 286 g/mol. The fourth-order valence-electron chi connectivity index (χ4n) is 2.96. The molecule has 21 heavy (non-hydrogen) atoms. The zero-order valence-electron chi connectivity index (χ0n) is 12.5. The van der Waals surface area contributed by atoms with E-state index in [4.69, 9.17) is 0 Å². The molecule has 0 radical (unpaired) electrons. The highest BCUT2D eigenvalue weighted by atomic mass is 16.1. The molecule has 1 fully saturated rings. The number of fused-ring (bicyclic) bond motifs is 1. The van der Waals surface area contributed by atoms with E-state index in [1.165, 1.54) is 0 Å². The van der Waals surface area contributed by atoms with Crippen molar-refractivity contribution in [3.05, 3.63) is 30.1 Å². The van der Waals surface area contributed by atoms with Crippen molar-refractivity contribution in [3.63, 3.8) is 0 Å². The van der Waals surface area contributed by atoms with Crippen LogP contribution in [-0.2, 0) is 17.8 Å². The summed E-state index contributed by atoms with van der Waals surface area (Å²) in [6, 6.07) is 8.08. The second-order valence-corrected chi connectivity index (χ2v) is 5.50. The van der Waals surface area contributed by atoms with Gasteiger partial charge in [-0.05, 0) is 19.1 Å². The first-order valence-corrected chi connectivity index (χ1v) is 7.67. The van der Waals surface area contributed by atoms with Gasteiger partial charge >= 0.3 is 0 Å². The molecule has 0 spiro atoms. The number of para-hydroxylation sites is 2. The molecule has 1 aliphatic heterocycles. The summed E-state index contributed by atoms with van der Waals surface area (Å²) in [5.74, 6) is 1.14. The van der Waals surface area contributed by atoms with Crippen LogP contribution in [0.4, 0.5) is 0 Å². The highest BCUT2D eigenvalue weighted by Crippen LogP contribution is 2.16. The zero-order chi connectivity index (χ0) is 14.7. The maximum atomic E-state index is 12.3. The Morgan fingerprint density at radius 2 is 2.05 bits per heavy atom. The van der Waals surface area contributed by atoms with Gasteiger partial charge < -0.3 is 9.88 Å². The summed E-state index contributed by atoms with van der Waals surface area (Å²) in [4.78, 5) is 19.2. The first-order valence-electron chi connectivity index (χ1n) is 7.67. The number of rotatable bonds is 5. The van der Waals surface area contributed by atoms with E-state index >= 15 is 0 Å². The standard InChI is InChI=1S/C16H22N4O/c1-2-20-15-6-4-3-5-14(15)18-16(20)11-13(21)12-19-9-7-17-8-10-19/h3-6,17H,2,7-12H2,1H3. The van der Waals surface area contributed by atoms with E-state index in [9.17, 15) is 4.79 Å². The predicted molar refractivity (Wildman–Crippen MR) is 83.4 cm³/mol. The molecule has 3 rings (SSSR count). The zero-order valence-corrected chi connectivity index (χ0v) is 12.5. The number of carbonyl (C=O) groups is 1. The summed E-state index contributed by atoms with van der Waals surface area (Å²) >= 11 is 0. The SMILES string of the molecule is CCn1c(CC(=O)CN2CCNCC2)nc2ccccc21. The van der Waals surface area contributed by atoms with Gasteiger partial charge in [-0.3, -0.25) is 9.69 Å². The molecule has 1 aromatic carbocycles. The van der Waals surface area contributed by atoms with Crippen molar-refractivity contribution >= 4 is 16.8 Å². The van der Waals surface area contributed by atoms with E-state index < -0.39 is 0 Å². The maximum Gasteiger partial charge on any atom is 0.154 e. The van der Waals surface area contributed by atoms with Crippen LogP contribution >= 0.6 is 0 Å². The second-order valence-electron chi connectivity index (χ2n) is 5.50. The normalized spacial score (nSPS) is 16.4. The summed E-state index contributed by atoms with van der Waals surface area (Å²) in [7, 11) is 0. The van der Waals surface area contributed by atoms with Crippen LogP contribution in [0.15, 0.2) is 24.3 Å². The minimum Gasteiger partial charge on any atom is -0.328 e. The first kappa shape index (κ1) is 14.2. The third kappa shape index (κ3) is 3.14. The van der Waals surface area contributed by atoms with Crippen molar-refractivity contribution in [2.24, 2.45) is 0 Å². The Kier molecular flexibility index (Phi) is 4.31. The molecule has 5 heteroatoms. The molecule has 5 nitrogen and oxygen atoms in total. The molecule has 1 aliphatic rings. The number of hydrogen-bond donors (Lipinski definition) is 1. The molecule has 0 amide bonds. The monoisotopic (exact) mass is 286 g/mol. The third-order valence-electron chi connectivity index (χ3n) is 4.01. The Bertz CT molecular complexity index is 628. The highest BCUT2D eigenvalue weighted by molar-refractivity contribution is 5.84. The summed E-state index contributed by atoms with van der Waals surface area (Å²) in [6.07, 6.45) is 0.423. The molecule has 0 unspecified atom stereocenters. The lowest BCUT2D eigenvalue weighted by Gasteiger charge is -2.26. The highest BCUT2D eigenvalue weighted by Gasteiger charge is 2.17. The van der Waals surface area contributed by atoms with Gasteiger partial charge in [0.2, 0.25) is 0 Å². The number of Topliss-reactive ketones (excluding diaryl/α,β-unsaturated/α-hetero) is 1. The minimum absolute atomic E-state index is 0.252. The lowest BCUT2D eigenvalue weighted by atomic mass is 10.2. The number of benzene rings is 1. The number of piperazine rings is 1. The van der Waals surface area contributed by atoms with Crippen LogP contribution in [0.5, 0.6) is 0 Å². The van der Waals surface area contributed by atoms with E-state index in [0.717, 1.165) is 49.6 Å². The lowest BCUT2D eigenvalue weighted by Crippen LogP contribution is -2.45. The molecule has 0 aliphatic carbocycles. The number of hydrogen-bond acceptors (Lipinski definition) is 4. The average Bonchev–Trinajstić information content (AvgIpc) is 2.85. The fourth-order valence-corrected chi connectivity index (χ4v) is 2.96. The molecule has 0 bridgehead atoms. The van der Waals surface area contributed by atoms with Crippen LogP contribution in [0.2, 0.25) is 0 Å². The summed E-state index contributed by atoms with van der Waals surface area (Å²) in [6.45, 7) is 7.33. The van der Waals surface area contributed by atoms with E-state index in [1.807, 2.05) is 18.2 Å². The van der Waals surface area contributed by atoms with Crippen LogP contribution in [0.1, 0.15) is 12.7 Å². The second kappa shape index (κ2) is 6.37. The van der Waals surface area contributed by atoms with Gasteiger partial charge in [-0.1, -0.05) is 12.1 Å². The smallest absolute Gasteiger partial charge is 0.154 e. The summed E-state index contributed by atoms with van der Waals surface area (Å²) < 4.78 is 2.14. The van der Waals surface area contributed by atoms with Crippen molar-refractivity contribution in [1.82, 2.24) is 19.8 Å². The van der Waals surface area contributed by atoms with Gasteiger partial charge in [0.25, 0.3) is 0 Å². The molecule has 1 aromatic heterocycles. The van der Waals surface area contributed by atoms with E-state index in [1.54, 1.807) is 0 Å². The Morgan fingerprint density at radius 1 is 1.29 bits per heavy atom. The van der Waals surface area contributed by atoms with Gasteiger partial charge in [0.05, 0.1) is 24.0 Å². The Morgan fingerprint density at radius 3 is 2.81 bits per heavy atom. The molecular formula is C16H22N4O. The third-order valence-corrected chi connectivity index (χ3v) is 4.01. The molecule has 2 aromatic rings. The fraction of sp³-hybridized carbons (Fsp3) is 0.500. The molecule has 1 saturated heterocycles. The van der Waals surface area contributed by atoms with Gasteiger partial charge in [-0.15, -0.1) is 0 Å². The molecule has 0 atom stereocenters. The Labute approximate surface area is 125 Å². The topological polar surface area (TPSA) is 50.2 Å². The quantitative estimate of drug-likeness (QED) is 0.893. The van der Waals surface area contributed by atoms with Crippen LogP contribution in [0.3, 0.4) is 0 Å². The Balaban J connectivity index is 1.73. The first-order chi connectivity index (χ1) is 10.3. The van der Waals surface area contributed by atoms with Crippen molar-refractivity contribution in [2.45, 2.75) is 19.9 Å². The van der Waals surface area contributed by atoms with Crippen LogP contribution < -0.4 is 5.32 Å². The number of carbonyl (C=O) groups excluding carboxylic acids is 1. The van der Waals surface area contributed by atoms with Crippen LogP contribution in [-0.4, -0.2) is 53.0 Å². The van der Waals surface area contributed by atoms with Crippen molar-refractivity contribution < 1.29 is 4.79 Å². The van der Waals surface area contributed by atoms with Crippen LogP contribution in [0, 0.1) is 0 Å². The molecule has 112 valence electrons. The summed E-state index contributed by atoms with van der Waals surface area (Å²) in [5, 5.41) is 3.30. The van der Waals surface area contributed by atoms with Crippen LogP contribution in [0.25, 0.3) is 11.0 Å². The van der Waals surface area contributed by atoms with Gasteiger partial charge in [0.15, 0.2) is 5.78 Å². The van der Waals surface area contributed by atoms with Crippen molar-refractivity contribution in [2.75, 3.05) is 32.7 Å².